The lowest BCUT2D eigenvalue weighted by atomic mass is 10.2. The fourth-order valence-electron chi connectivity index (χ4n) is 1.49. The van der Waals surface area contributed by atoms with Crippen LogP contribution >= 0.6 is 8.60 Å². The van der Waals surface area contributed by atoms with Crippen molar-refractivity contribution in [1.82, 2.24) is 10.6 Å². The van der Waals surface area contributed by atoms with E-state index in [1.54, 1.807) is 7.11 Å². The van der Waals surface area contributed by atoms with Crippen LogP contribution in [0.1, 0.15) is 20.3 Å². The summed E-state index contributed by atoms with van der Waals surface area (Å²) in [5, 5.41) is 6.69. The normalized spacial score (nSPS) is 21.8. The average Bonchev–Trinajstić information content (AvgIpc) is 2.69. The molecule has 1 saturated heterocycles. The first-order chi connectivity index (χ1) is 7.26. The second kappa shape index (κ2) is 7.49. The highest BCUT2D eigenvalue weighted by Crippen LogP contribution is 2.40. The van der Waals surface area contributed by atoms with Gasteiger partial charge < -0.3 is 24.2 Å². The van der Waals surface area contributed by atoms with E-state index in [0.717, 1.165) is 19.5 Å². The number of hydrogen-bond acceptors (Lipinski definition) is 5. The minimum absolute atomic E-state index is 0.130. The summed E-state index contributed by atoms with van der Waals surface area (Å²) in [5.74, 6) is 0. The molecule has 0 aromatic rings. The lowest BCUT2D eigenvalue weighted by Crippen LogP contribution is -2.34. The van der Waals surface area contributed by atoms with Crippen molar-refractivity contribution < 1.29 is 13.6 Å². The Balaban J connectivity index is 2.17. The van der Waals surface area contributed by atoms with Crippen molar-refractivity contribution >= 4 is 8.60 Å². The van der Waals surface area contributed by atoms with Crippen molar-refractivity contribution in [3.8, 4) is 0 Å². The zero-order valence-electron chi connectivity index (χ0n) is 9.66. The van der Waals surface area contributed by atoms with Crippen LogP contribution in [0.15, 0.2) is 0 Å². The fourth-order valence-corrected chi connectivity index (χ4v) is 2.33. The molecule has 1 heterocycles. The fraction of sp³-hybridized carbons (Fsp3) is 1.00. The highest BCUT2D eigenvalue weighted by Gasteiger charge is 2.20. The van der Waals surface area contributed by atoms with Gasteiger partial charge in [0.05, 0.1) is 18.9 Å². The molecule has 15 heavy (non-hydrogen) atoms. The summed E-state index contributed by atoms with van der Waals surface area (Å²) in [7, 11) is 0.438. The van der Waals surface area contributed by atoms with E-state index in [1.807, 2.05) is 13.8 Å². The first-order valence-electron chi connectivity index (χ1n) is 5.37. The van der Waals surface area contributed by atoms with Gasteiger partial charge in [-0.3, -0.25) is 0 Å². The SMILES string of the molecule is CCOP(OC)OC(C)CC1NCCN1. The average molecular weight is 236 g/mol. The summed E-state index contributed by atoms with van der Waals surface area (Å²) in [6.07, 6.45) is 1.41. The van der Waals surface area contributed by atoms with Crippen LogP contribution in [0, 0.1) is 0 Å². The van der Waals surface area contributed by atoms with E-state index in [4.69, 9.17) is 13.6 Å². The second-order valence-electron chi connectivity index (χ2n) is 3.44. The maximum Gasteiger partial charge on any atom is 0.332 e. The summed E-state index contributed by atoms with van der Waals surface area (Å²) in [6, 6.07) is 0. The molecule has 1 aliphatic rings. The summed E-state index contributed by atoms with van der Waals surface area (Å²) in [6.45, 7) is 6.65. The molecule has 2 N–H and O–H groups in total. The smallest absolute Gasteiger partial charge is 0.316 e. The van der Waals surface area contributed by atoms with Crippen LogP contribution in [0.3, 0.4) is 0 Å². The molecule has 1 fully saturated rings. The molecule has 0 saturated carbocycles. The Hall–Kier alpha value is 0.230. The van der Waals surface area contributed by atoms with E-state index in [9.17, 15) is 0 Å². The third-order valence-corrected chi connectivity index (χ3v) is 3.42. The molecule has 1 rings (SSSR count). The predicted molar refractivity (Wildman–Crippen MR) is 60.5 cm³/mol. The zero-order valence-corrected chi connectivity index (χ0v) is 10.5. The molecule has 6 heteroatoms. The zero-order chi connectivity index (χ0) is 11.1. The Kier molecular flexibility index (Phi) is 6.64. The van der Waals surface area contributed by atoms with Crippen LogP contribution in [0.25, 0.3) is 0 Å². The van der Waals surface area contributed by atoms with Gasteiger partial charge in [0, 0.05) is 26.6 Å². The topological polar surface area (TPSA) is 51.8 Å². The molecular formula is C9H21N2O3P. The van der Waals surface area contributed by atoms with Crippen LogP contribution in [0.5, 0.6) is 0 Å². The van der Waals surface area contributed by atoms with Gasteiger partial charge in [-0.1, -0.05) is 0 Å². The van der Waals surface area contributed by atoms with Crippen molar-refractivity contribution in [2.24, 2.45) is 0 Å². The molecule has 5 nitrogen and oxygen atoms in total. The maximum absolute atomic E-state index is 5.64. The summed E-state index contributed by atoms with van der Waals surface area (Å²) < 4.78 is 16.1. The van der Waals surface area contributed by atoms with Crippen LogP contribution < -0.4 is 10.6 Å². The second-order valence-corrected chi connectivity index (χ2v) is 4.72. The molecular weight excluding hydrogens is 215 g/mol. The van der Waals surface area contributed by atoms with E-state index < -0.39 is 8.60 Å². The minimum Gasteiger partial charge on any atom is -0.316 e. The molecule has 0 amide bonds. The van der Waals surface area contributed by atoms with Crippen LogP contribution in [-0.4, -0.2) is 39.1 Å². The van der Waals surface area contributed by atoms with Gasteiger partial charge in [-0.05, 0) is 13.8 Å². The highest BCUT2D eigenvalue weighted by atomic mass is 31.2. The first kappa shape index (κ1) is 13.3. The molecule has 0 radical (unpaired) electrons. The molecule has 0 bridgehead atoms. The third kappa shape index (κ3) is 5.20. The Morgan fingerprint density at radius 2 is 2.07 bits per heavy atom. The molecule has 1 aliphatic heterocycles. The summed E-state index contributed by atoms with van der Waals surface area (Å²) >= 11 is 0. The van der Waals surface area contributed by atoms with Gasteiger partial charge in [0.25, 0.3) is 0 Å². The van der Waals surface area contributed by atoms with Crippen molar-refractivity contribution in [3.05, 3.63) is 0 Å². The Morgan fingerprint density at radius 3 is 2.60 bits per heavy atom. The molecule has 2 atom stereocenters. The third-order valence-electron chi connectivity index (χ3n) is 2.12. The lowest BCUT2D eigenvalue weighted by molar-refractivity contribution is 0.131. The van der Waals surface area contributed by atoms with Gasteiger partial charge in [-0.15, -0.1) is 0 Å². The van der Waals surface area contributed by atoms with Crippen molar-refractivity contribution in [3.63, 3.8) is 0 Å². The van der Waals surface area contributed by atoms with Gasteiger partial charge in [0.2, 0.25) is 0 Å². The van der Waals surface area contributed by atoms with Gasteiger partial charge >= 0.3 is 8.60 Å². The largest absolute Gasteiger partial charge is 0.332 e. The molecule has 0 spiro atoms. The van der Waals surface area contributed by atoms with E-state index >= 15 is 0 Å². The van der Waals surface area contributed by atoms with E-state index in [0.29, 0.717) is 12.8 Å². The number of nitrogens with one attached hydrogen (secondary N) is 2. The molecule has 0 aliphatic carbocycles. The van der Waals surface area contributed by atoms with Crippen molar-refractivity contribution in [2.75, 3.05) is 26.8 Å². The minimum atomic E-state index is -1.17. The van der Waals surface area contributed by atoms with E-state index in [2.05, 4.69) is 10.6 Å². The molecule has 90 valence electrons. The standard InChI is InChI=1S/C9H21N2O3P/c1-4-13-15(12-3)14-8(2)7-9-10-5-6-11-9/h8-11H,4-7H2,1-3H3. The van der Waals surface area contributed by atoms with Crippen LogP contribution in [0.4, 0.5) is 0 Å². The quantitative estimate of drug-likeness (QED) is 0.651. The van der Waals surface area contributed by atoms with Gasteiger partial charge in [-0.2, -0.15) is 0 Å². The van der Waals surface area contributed by atoms with Crippen molar-refractivity contribution in [1.29, 1.82) is 0 Å². The van der Waals surface area contributed by atoms with Crippen LogP contribution in [0.2, 0.25) is 0 Å². The summed E-state index contributed by atoms with van der Waals surface area (Å²) in [4.78, 5) is 0. The first-order valence-corrected chi connectivity index (χ1v) is 6.46. The molecule has 0 aromatic heterocycles. The molecule has 0 aromatic carbocycles. The lowest BCUT2D eigenvalue weighted by Gasteiger charge is -2.21. The maximum atomic E-state index is 5.64. The Bertz CT molecular complexity index is 167. The Labute approximate surface area is 92.9 Å². The monoisotopic (exact) mass is 236 g/mol. The predicted octanol–water partition coefficient (Wildman–Crippen LogP) is 1.21. The van der Waals surface area contributed by atoms with E-state index in [-0.39, 0.29) is 6.10 Å². The van der Waals surface area contributed by atoms with Gasteiger partial charge in [-0.25, -0.2) is 0 Å². The number of hydrogen-bond donors (Lipinski definition) is 2. The van der Waals surface area contributed by atoms with Crippen molar-refractivity contribution in [2.45, 2.75) is 32.5 Å². The Morgan fingerprint density at radius 1 is 1.40 bits per heavy atom. The van der Waals surface area contributed by atoms with E-state index in [1.165, 1.54) is 0 Å². The number of rotatable bonds is 7. The summed E-state index contributed by atoms with van der Waals surface area (Å²) in [5.41, 5.74) is 0. The van der Waals surface area contributed by atoms with Gasteiger partial charge in [0.15, 0.2) is 0 Å². The van der Waals surface area contributed by atoms with Gasteiger partial charge in [0.1, 0.15) is 0 Å². The molecule has 2 unspecified atom stereocenters. The van der Waals surface area contributed by atoms with Crippen LogP contribution in [-0.2, 0) is 13.6 Å². The highest BCUT2D eigenvalue weighted by molar-refractivity contribution is 7.41.